The van der Waals surface area contributed by atoms with Crippen LogP contribution < -0.4 is 21.5 Å². The van der Waals surface area contributed by atoms with Gasteiger partial charge in [0.2, 0.25) is 5.88 Å². The second-order valence-corrected chi connectivity index (χ2v) is 8.71. The lowest BCUT2D eigenvalue weighted by molar-refractivity contribution is 0.100. The summed E-state index contributed by atoms with van der Waals surface area (Å²) in [5.74, 6) is -1.88. The van der Waals surface area contributed by atoms with E-state index >= 15 is 0 Å². The van der Waals surface area contributed by atoms with Gasteiger partial charge in [0.25, 0.3) is 5.91 Å². The smallest absolute Gasteiger partial charge is 0.253 e. The molecule has 6 N–H and O–H groups in total. The molecule has 0 spiro atoms. The highest BCUT2D eigenvalue weighted by molar-refractivity contribution is 6.32. The first-order valence-electron chi connectivity index (χ1n) is 10.1. The summed E-state index contributed by atoms with van der Waals surface area (Å²) in [7, 11) is 1.89. The molecule has 0 saturated heterocycles. The van der Waals surface area contributed by atoms with E-state index in [1.165, 1.54) is 11.5 Å². The predicted molar refractivity (Wildman–Crippen MR) is 121 cm³/mol. The molecule has 1 fully saturated rings. The molecule has 2 heterocycles. The van der Waals surface area contributed by atoms with Gasteiger partial charge in [-0.1, -0.05) is 11.6 Å². The summed E-state index contributed by atoms with van der Waals surface area (Å²) >= 11 is 6.13. The van der Waals surface area contributed by atoms with Crippen molar-refractivity contribution in [2.45, 2.75) is 39.2 Å². The number of likely N-dealkylation sites (N-methyl/N-ethyl adjacent to an activating group) is 1. The molecule has 0 atom stereocenters. The normalized spacial score (nSPS) is 14.7. The average Bonchev–Trinajstić information content (AvgIpc) is 3.48. The van der Waals surface area contributed by atoms with Gasteiger partial charge in [0.15, 0.2) is 17.2 Å². The van der Waals surface area contributed by atoms with Crippen molar-refractivity contribution in [2.75, 3.05) is 19.4 Å². The Morgan fingerprint density at radius 2 is 2.03 bits per heavy atom. The van der Waals surface area contributed by atoms with Gasteiger partial charge in [0.05, 0.1) is 21.8 Å². The van der Waals surface area contributed by atoms with Crippen molar-refractivity contribution in [3.05, 3.63) is 39.2 Å². The van der Waals surface area contributed by atoms with Crippen LogP contribution in [0.2, 0.25) is 5.02 Å². The molecular formula is C22H25ClFN5O3. The number of nitrogen functional groups attached to an aromatic ring is 1. The zero-order valence-electron chi connectivity index (χ0n) is 18.3. The number of phenolic OH excluding ortho intramolecular Hbond substituents is 1. The summed E-state index contributed by atoms with van der Waals surface area (Å²) < 4.78 is 21.8. The third-order valence-electron chi connectivity index (χ3n) is 6.26. The number of hydrogen-bond donors (Lipinski definition) is 4. The summed E-state index contributed by atoms with van der Waals surface area (Å²) in [5.41, 5.74) is 13.8. The topological polar surface area (TPSA) is 128 Å². The van der Waals surface area contributed by atoms with E-state index in [9.17, 15) is 14.3 Å². The number of carbonyl (C=O) groups is 1. The highest BCUT2D eigenvalue weighted by Crippen LogP contribution is 2.41. The predicted octanol–water partition coefficient (Wildman–Crippen LogP) is 3.26. The lowest BCUT2D eigenvalue weighted by Crippen LogP contribution is -2.34. The van der Waals surface area contributed by atoms with Gasteiger partial charge in [-0.25, -0.2) is 4.39 Å². The minimum atomic E-state index is -0.926. The molecule has 2 aromatic heterocycles. The van der Waals surface area contributed by atoms with E-state index < -0.39 is 17.5 Å². The molecule has 0 radical (unpaired) electrons. The first kappa shape index (κ1) is 22.2. The van der Waals surface area contributed by atoms with Gasteiger partial charge < -0.3 is 26.6 Å². The van der Waals surface area contributed by atoms with Crippen LogP contribution in [0.15, 0.2) is 6.07 Å². The van der Waals surface area contributed by atoms with E-state index in [0.717, 1.165) is 12.8 Å². The third-order valence-corrected chi connectivity index (χ3v) is 6.71. The fourth-order valence-corrected chi connectivity index (χ4v) is 4.21. The van der Waals surface area contributed by atoms with Gasteiger partial charge in [-0.15, -0.1) is 0 Å². The number of amides is 1. The quantitative estimate of drug-likeness (QED) is 0.446. The van der Waals surface area contributed by atoms with E-state index in [1.54, 1.807) is 13.0 Å². The van der Waals surface area contributed by atoms with Crippen molar-refractivity contribution in [2.24, 2.45) is 5.73 Å². The Morgan fingerprint density at radius 1 is 1.38 bits per heavy atom. The molecule has 1 amide bonds. The summed E-state index contributed by atoms with van der Waals surface area (Å²) in [4.78, 5) is 16.9. The number of fused-ring (bicyclic) bond motifs is 1. The summed E-state index contributed by atoms with van der Waals surface area (Å²) in [5, 5.41) is 13.7. The number of anilines is 1. The number of phenols is 1. The van der Waals surface area contributed by atoms with Gasteiger partial charge in [-0.05, 0) is 52.3 Å². The largest absolute Gasteiger partial charge is 0.505 e. The number of hydrogen-bond acceptors (Lipinski definition) is 6. The van der Waals surface area contributed by atoms with Crippen molar-refractivity contribution in [1.29, 1.82) is 0 Å². The molecular weight excluding hydrogens is 437 g/mol. The monoisotopic (exact) mass is 461 g/mol. The molecule has 170 valence electrons. The van der Waals surface area contributed by atoms with Gasteiger partial charge in [-0.3, -0.25) is 9.36 Å². The fourth-order valence-electron chi connectivity index (χ4n) is 4.03. The Morgan fingerprint density at radius 3 is 2.59 bits per heavy atom. The molecule has 0 bridgehead atoms. The maximum absolute atomic E-state index is 14.3. The number of benzene rings is 1. The minimum Gasteiger partial charge on any atom is -0.505 e. The van der Waals surface area contributed by atoms with Crippen molar-refractivity contribution in [3.63, 3.8) is 0 Å². The zero-order valence-corrected chi connectivity index (χ0v) is 19.0. The van der Waals surface area contributed by atoms with Gasteiger partial charge in [-0.2, -0.15) is 4.98 Å². The van der Waals surface area contributed by atoms with Crippen LogP contribution in [0.3, 0.4) is 0 Å². The number of carbonyl (C=O) groups excluding carboxylic acids is 1. The Bertz CT molecular complexity index is 1250. The number of aromatic nitrogens is 2. The number of nitrogens with zero attached hydrogens (tertiary/aromatic N) is 2. The zero-order chi connectivity index (χ0) is 23.5. The summed E-state index contributed by atoms with van der Waals surface area (Å²) in [6, 6.07) is 1.74. The minimum absolute atomic E-state index is 0.0127. The van der Waals surface area contributed by atoms with Gasteiger partial charge in [0.1, 0.15) is 12.4 Å². The van der Waals surface area contributed by atoms with Crippen LogP contribution in [0.5, 0.6) is 11.6 Å². The Kier molecular flexibility index (Phi) is 5.21. The fraction of sp³-hybridized carbons (Fsp3) is 0.364. The molecule has 1 saturated carbocycles. The van der Waals surface area contributed by atoms with E-state index in [-0.39, 0.29) is 27.5 Å². The second-order valence-electron chi connectivity index (χ2n) is 8.34. The average molecular weight is 462 g/mol. The SMILES string of the molecule is CNC1(COc2nc3c(cc2C)c(C(N)=O)c(N)n3-c2c(C)c(O)c(F)c(Cl)c2C)CC1. The van der Waals surface area contributed by atoms with E-state index in [1.807, 2.05) is 14.0 Å². The van der Waals surface area contributed by atoms with Crippen molar-refractivity contribution in [3.8, 4) is 17.3 Å². The number of rotatable bonds is 6. The van der Waals surface area contributed by atoms with Gasteiger partial charge in [0, 0.05) is 16.5 Å². The van der Waals surface area contributed by atoms with Crippen LogP contribution in [0.25, 0.3) is 16.7 Å². The highest BCUT2D eigenvalue weighted by Gasteiger charge is 2.42. The number of halogens is 2. The number of primary amides is 1. The molecule has 4 rings (SSSR count). The molecule has 10 heteroatoms. The van der Waals surface area contributed by atoms with Crippen LogP contribution in [0.4, 0.5) is 10.2 Å². The summed E-state index contributed by atoms with van der Waals surface area (Å²) in [6.45, 7) is 5.37. The Balaban J connectivity index is 2.00. The molecule has 1 aliphatic rings. The van der Waals surface area contributed by atoms with E-state index in [4.69, 9.17) is 27.8 Å². The molecule has 32 heavy (non-hydrogen) atoms. The van der Waals surface area contributed by atoms with Crippen molar-refractivity contribution >= 4 is 34.4 Å². The lowest BCUT2D eigenvalue weighted by Gasteiger charge is -2.18. The van der Waals surface area contributed by atoms with Crippen LogP contribution in [-0.4, -0.2) is 39.8 Å². The highest BCUT2D eigenvalue weighted by atomic mass is 35.5. The molecule has 1 aromatic carbocycles. The van der Waals surface area contributed by atoms with Crippen molar-refractivity contribution < 1.29 is 19.0 Å². The molecule has 0 unspecified atom stereocenters. The lowest BCUT2D eigenvalue weighted by atomic mass is 10.1. The van der Waals surface area contributed by atoms with Crippen LogP contribution in [0, 0.1) is 26.6 Å². The maximum atomic E-state index is 14.3. The molecule has 8 nitrogen and oxygen atoms in total. The number of aromatic hydroxyl groups is 1. The van der Waals surface area contributed by atoms with Crippen LogP contribution in [0.1, 0.15) is 39.9 Å². The van der Waals surface area contributed by atoms with Crippen LogP contribution >= 0.6 is 11.6 Å². The first-order chi connectivity index (χ1) is 15.0. The second kappa shape index (κ2) is 7.53. The van der Waals surface area contributed by atoms with E-state index in [2.05, 4.69) is 10.3 Å². The van der Waals surface area contributed by atoms with Crippen LogP contribution in [-0.2, 0) is 0 Å². The number of nitrogens with one attached hydrogen (secondary N) is 1. The molecule has 1 aliphatic carbocycles. The number of aryl methyl sites for hydroxylation is 1. The summed E-state index contributed by atoms with van der Waals surface area (Å²) in [6.07, 6.45) is 2.01. The van der Waals surface area contributed by atoms with Gasteiger partial charge >= 0.3 is 0 Å². The Hall–Kier alpha value is -3.04. The number of ether oxygens (including phenoxy) is 1. The number of pyridine rings is 1. The van der Waals surface area contributed by atoms with E-state index in [0.29, 0.717) is 40.3 Å². The molecule has 0 aliphatic heterocycles. The number of nitrogens with two attached hydrogens (primary N) is 2. The molecule has 3 aromatic rings. The maximum Gasteiger partial charge on any atom is 0.253 e. The third kappa shape index (κ3) is 3.23. The standard InChI is InChI=1S/C22H25ClFN5O3/c1-9-7-12-13(19(26)31)18(25)29(16-10(2)14(23)15(24)17(30)11(16)3)20(12)28-21(9)32-8-22(27-4)5-6-22/h7,27,30H,5-6,8,25H2,1-4H3,(H2,26,31). The Labute approximate surface area is 189 Å². The first-order valence-corrected chi connectivity index (χ1v) is 10.5. The van der Waals surface area contributed by atoms with Crippen molar-refractivity contribution in [1.82, 2.24) is 14.9 Å².